The molecule has 1 aromatic carbocycles. The summed E-state index contributed by atoms with van der Waals surface area (Å²) in [6.07, 6.45) is 0. The number of ether oxygens (including phenoxy) is 1. The van der Waals surface area contributed by atoms with Crippen LogP contribution in [-0.4, -0.2) is 65.9 Å². The Labute approximate surface area is 167 Å². The van der Waals surface area contributed by atoms with Gasteiger partial charge in [-0.15, -0.1) is 0 Å². The number of aryl methyl sites for hydroxylation is 1. The number of aromatic nitrogens is 1. The van der Waals surface area contributed by atoms with Crippen molar-refractivity contribution in [1.82, 2.24) is 14.8 Å². The molecule has 28 heavy (non-hydrogen) atoms. The predicted octanol–water partition coefficient (Wildman–Crippen LogP) is 1.52. The van der Waals surface area contributed by atoms with Gasteiger partial charge < -0.3 is 19.9 Å². The minimum absolute atomic E-state index is 0.0472. The highest BCUT2D eigenvalue weighted by atomic mass is 32.1. The van der Waals surface area contributed by atoms with Crippen LogP contribution >= 0.6 is 11.3 Å². The van der Waals surface area contributed by atoms with E-state index < -0.39 is 6.04 Å². The van der Waals surface area contributed by atoms with Gasteiger partial charge in [-0.25, -0.2) is 4.98 Å². The highest BCUT2D eigenvalue weighted by Crippen LogP contribution is 2.24. The second-order valence-electron chi connectivity index (χ2n) is 6.66. The van der Waals surface area contributed by atoms with Gasteiger partial charge in [0.05, 0.1) is 12.3 Å². The number of carbonyl (C=O) groups excluding carboxylic acids is 3. The first-order valence-electron chi connectivity index (χ1n) is 8.78. The van der Waals surface area contributed by atoms with Gasteiger partial charge in [-0.3, -0.25) is 14.4 Å². The average Bonchev–Trinajstić information content (AvgIpc) is 3.03. The van der Waals surface area contributed by atoms with Gasteiger partial charge in [0, 0.05) is 20.6 Å². The van der Waals surface area contributed by atoms with Crippen LogP contribution in [0.1, 0.15) is 20.9 Å². The normalized spacial score (nSPS) is 16.8. The summed E-state index contributed by atoms with van der Waals surface area (Å²) in [5.41, 5.74) is 1.48. The van der Waals surface area contributed by atoms with Crippen molar-refractivity contribution in [1.29, 1.82) is 0 Å². The average molecular weight is 402 g/mol. The van der Waals surface area contributed by atoms with Crippen molar-refractivity contribution in [3.63, 3.8) is 0 Å². The molecule has 1 aliphatic rings. The Hall–Kier alpha value is -2.78. The zero-order valence-corrected chi connectivity index (χ0v) is 16.8. The molecule has 2 heterocycles. The molecule has 1 aromatic heterocycles. The molecule has 9 heteroatoms. The number of amides is 3. The SMILES string of the molecule is Cc1nc(NC(=O)[C@H]2COCC(=O)N2Cc2ccccc2)sc1C(=O)N(C)C. The molecule has 0 bridgehead atoms. The van der Waals surface area contributed by atoms with Gasteiger partial charge in [0.15, 0.2) is 5.13 Å². The molecule has 0 radical (unpaired) electrons. The number of thiazole rings is 1. The fraction of sp³-hybridized carbons (Fsp3) is 0.368. The molecule has 8 nitrogen and oxygen atoms in total. The third-order valence-corrected chi connectivity index (χ3v) is 5.38. The number of nitrogens with one attached hydrogen (secondary N) is 1. The van der Waals surface area contributed by atoms with E-state index in [0.29, 0.717) is 22.2 Å². The summed E-state index contributed by atoms with van der Waals surface area (Å²) in [4.78, 5) is 45.1. The first-order valence-corrected chi connectivity index (χ1v) is 9.59. The maximum atomic E-state index is 12.8. The number of anilines is 1. The highest BCUT2D eigenvalue weighted by molar-refractivity contribution is 7.17. The van der Waals surface area contributed by atoms with Crippen molar-refractivity contribution in [3.8, 4) is 0 Å². The molecule has 1 N–H and O–H groups in total. The monoisotopic (exact) mass is 402 g/mol. The van der Waals surface area contributed by atoms with E-state index >= 15 is 0 Å². The van der Waals surface area contributed by atoms with E-state index in [4.69, 9.17) is 4.74 Å². The minimum Gasteiger partial charge on any atom is -0.369 e. The Balaban J connectivity index is 1.75. The van der Waals surface area contributed by atoms with Crippen LogP contribution in [0.15, 0.2) is 30.3 Å². The Morgan fingerprint density at radius 2 is 2.04 bits per heavy atom. The number of nitrogens with zero attached hydrogens (tertiary/aromatic N) is 3. The molecular formula is C19H22N4O4S. The van der Waals surface area contributed by atoms with E-state index in [1.165, 1.54) is 9.80 Å². The molecule has 3 amide bonds. The van der Waals surface area contributed by atoms with Crippen LogP contribution < -0.4 is 5.32 Å². The molecular weight excluding hydrogens is 380 g/mol. The van der Waals surface area contributed by atoms with Gasteiger partial charge in [0.25, 0.3) is 11.8 Å². The summed E-state index contributed by atoms with van der Waals surface area (Å²) in [6.45, 7) is 2.10. The maximum absolute atomic E-state index is 12.8. The molecule has 1 saturated heterocycles. The van der Waals surface area contributed by atoms with Crippen LogP contribution in [0.2, 0.25) is 0 Å². The Kier molecular flexibility index (Phi) is 6.05. The number of carbonyl (C=O) groups is 3. The van der Waals surface area contributed by atoms with Gasteiger partial charge in [-0.1, -0.05) is 41.7 Å². The van der Waals surface area contributed by atoms with Crippen LogP contribution in [0.4, 0.5) is 5.13 Å². The quantitative estimate of drug-likeness (QED) is 0.819. The second-order valence-corrected chi connectivity index (χ2v) is 7.66. The van der Waals surface area contributed by atoms with E-state index in [1.807, 2.05) is 30.3 Å². The number of hydrogen-bond donors (Lipinski definition) is 1. The summed E-state index contributed by atoms with van der Waals surface area (Å²) in [5.74, 6) is -0.798. The third kappa shape index (κ3) is 4.37. The Bertz CT molecular complexity index is 881. The number of rotatable bonds is 5. The van der Waals surface area contributed by atoms with Crippen LogP contribution in [0.5, 0.6) is 0 Å². The summed E-state index contributed by atoms with van der Waals surface area (Å²) in [5, 5.41) is 3.05. The Morgan fingerprint density at radius 3 is 2.71 bits per heavy atom. The van der Waals surface area contributed by atoms with Crippen molar-refractivity contribution >= 4 is 34.2 Å². The molecule has 148 valence electrons. The lowest BCUT2D eigenvalue weighted by Gasteiger charge is -2.34. The number of morpholine rings is 1. The predicted molar refractivity (Wildman–Crippen MR) is 105 cm³/mol. The smallest absolute Gasteiger partial charge is 0.265 e. The molecule has 0 unspecified atom stereocenters. The van der Waals surface area contributed by atoms with Crippen LogP contribution in [0.25, 0.3) is 0 Å². The van der Waals surface area contributed by atoms with Crippen LogP contribution in [0.3, 0.4) is 0 Å². The van der Waals surface area contributed by atoms with Crippen LogP contribution in [0, 0.1) is 6.92 Å². The van der Waals surface area contributed by atoms with Crippen molar-refractivity contribution in [2.75, 3.05) is 32.6 Å². The fourth-order valence-corrected chi connectivity index (χ4v) is 3.83. The van der Waals surface area contributed by atoms with E-state index in [9.17, 15) is 14.4 Å². The molecule has 1 atom stereocenters. The molecule has 1 fully saturated rings. The summed E-state index contributed by atoms with van der Waals surface area (Å²) in [6, 6.07) is 8.71. The number of benzene rings is 1. The second kappa shape index (κ2) is 8.49. The largest absolute Gasteiger partial charge is 0.369 e. The van der Waals surface area contributed by atoms with Gasteiger partial charge in [-0.05, 0) is 12.5 Å². The minimum atomic E-state index is -0.765. The lowest BCUT2D eigenvalue weighted by Crippen LogP contribution is -2.54. The number of hydrogen-bond acceptors (Lipinski definition) is 6. The van der Waals surface area contributed by atoms with E-state index in [2.05, 4.69) is 10.3 Å². The highest BCUT2D eigenvalue weighted by Gasteiger charge is 2.34. The van der Waals surface area contributed by atoms with Gasteiger partial charge in [0.2, 0.25) is 5.91 Å². The molecule has 0 saturated carbocycles. The van der Waals surface area contributed by atoms with Crippen molar-refractivity contribution < 1.29 is 19.1 Å². The lowest BCUT2D eigenvalue weighted by molar-refractivity contribution is -0.154. The summed E-state index contributed by atoms with van der Waals surface area (Å²) >= 11 is 1.12. The van der Waals surface area contributed by atoms with Gasteiger partial charge >= 0.3 is 0 Å². The standard InChI is InChI=1S/C19H22N4O4S/c1-12-16(18(26)22(2)3)28-19(20-12)21-17(25)14-10-27-11-15(24)23(14)9-13-7-5-4-6-8-13/h4-8,14H,9-11H2,1-3H3,(H,20,21,25)/t14-/m1/s1. The van der Waals surface area contributed by atoms with Crippen molar-refractivity contribution in [3.05, 3.63) is 46.5 Å². The van der Waals surface area contributed by atoms with Crippen molar-refractivity contribution in [2.45, 2.75) is 19.5 Å². The molecule has 3 rings (SSSR count). The summed E-state index contributed by atoms with van der Waals surface area (Å²) < 4.78 is 5.29. The first kappa shape index (κ1) is 20.0. The first-order chi connectivity index (χ1) is 13.4. The lowest BCUT2D eigenvalue weighted by atomic mass is 10.1. The molecule has 0 spiro atoms. The van der Waals surface area contributed by atoms with Gasteiger partial charge in [-0.2, -0.15) is 0 Å². The van der Waals surface area contributed by atoms with E-state index in [1.54, 1.807) is 21.0 Å². The Morgan fingerprint density at radius 1 is 1.32 bits per heavy atom. The third-order valence-electron chi connectivity index (χ3n) is 4.32. The van der Waals surface area contributed by atoms with E-state index in [0.717, 1.165) is 16.9 Å². The zero-order chi connectivity index (χ0) is 20.3. The van der Waals surface area contributed by atoms with E-state index in [-0.39, 0.29) is 30.9 Å². The van der Waals surface area contributed by atoms with Crippen molar-refractivity contribution in [2.24, 2.45) is 0 Å². The van der Waals surface area contributed by atoms with Crippen LogP contribution in [-0.2, 0) is 20.9 Å². The fourth-order valence-electron chi connectivity index (χ4n) is 2.84. The molecule has 1 aliphatic heterocycles. The maximum Gasteiger partial charge on any atom is 0.265 e. The topological polar surface area (TPSA) is 91.8 Å². The zero-order valence-electron chi connectivity index (χ0n) is 16.0. The molecule has 0 aliphatic carbocycles. The van der Waals surface area contributed by atoms with Gasteiger partial charge in [0.1, 0.15) is 17.5 Å². The molecule has 2 aromatic rings. The summed E-state index contributed by atoms with van der Waals surface area (Å²) in [7, 11) is 3.32.